The third kappa shape index (κ3) is 2.47. The Bertz CT molecular complexity index is 294. The summed E-state index contributed by atoms with van der Waals surface area (Å²) in [7, 11) is 0. The van der Waals surface area contributed by atoms with Gasteiger partial charge in [0, 0.05) is 0 Å². The summed E-state index contributed by atoms with van der Waals surface area (Å²) in [5.41, 5.74) is 0.258. The number of ether oxygens (including phenoxy) is 1. The van der Waals surface area contributed by atoms with Crippen LogP contribution in [0.25, 0.3) is 0 Å². The summed E-state index contributed by atoms with van der Waals surface area (Å²) in [6.07, 6.45) is 1.52. The number of benzene rings is 1. The van der Waals surface area contributed by atoms with Gasteiger partial charge in [0.15, 0.2) is 6.29 Å². The van der Waals surface area contributed by atoms with Crippen LogP contribution < -0.4 is 4.74 Å². The lowest BCUT2D eigenvalue weighted by Crippen LogP contribution is -1.95. The van der Waals surface area contributed by atoms with Crippen LogP contribution >= 0.6 is 0 Å². The summed E-state index contributed by atoms with van der Waals surface area (Å²) in [4.78, 5) is 10.4. The number of aldehydes is 1. The molecule has 1 rings (SSSR count). The van der Waals surface area contributed by atoms with Gasteiger partial charge in [-0.15, -0.1) is 0 Å². The van der Waals surface area contributed by atoms with E-state index in [0.717, 1.165) is 6.42 Å². The molecule has 0 amide bonds. The minimum absolute atomic E-state index is 0.0150. The highest BCUT2D eigenvalue weighted by atomic mass is 16.5. The van der Waals surface area contributed by atoms with Crippen molar-refractivity contribution in [2.24, 2.45) is 0 Å². The Kier molecular flexibility index (Phi) is 3.31. The predicted octanol–water partition coefficient (Wildman–Crippen LogP) is 1.99. The van der Waals surface area contributed by atoms with E-state index in [1.807, 2.05) is 6.92 Å². The van der Waals surface area contributed by atoms with Crippen LogP contribution in [0.1, 0.15) is 23.7 Å². The largest absolute Gasteiger partial charge is 0.507 e. The maximum Gasteiger partial charge on any atom is 0.153 e. The Hall–Kier alpha value is -1.51. The summed E-state index contributed by atoms with van der Waals surface area (Å²) < 4.78 is 5.28. The van der Waals surface area contributed by atoms with Gasteiger partial charge in [-0.2, -0.15) is 0 Å². The second-order valence-corrected chi connectivity index (χ2v) is 2.69. The molecule has 3 nitrogen and oxygen atoms in total. The van der Waals surface area contributed by atoms with Gasteiger partial charge in [-0.05, 0) is 24.6 Å². The molecule has 1 aromatic carbocycles. The molecule has 0 spiro atoms. The first kappa shape index (κ1) is 9.58. The van der Waals surface area contributed by atoms with E-state index < -0.39 is 0 Å². The molecule has 0 bridgehead atoms. The van der Waals surface area contributed by atoms with Crippen LogP contribution in [0.15, 0.2) is 18.2 Å². The number of phenols is 1. The molecular formula is C10H12O3. The Morgan fingerprint density at radius 3 is 2.92 bits per heavy atom. The number of hydrogen-bond donors (Lipinski definition) is 1. The molecule has 0 aliphatic carbocycles. The first-order valence-electron chi connectivity index (χ1n) is 4.19. The summed E-state index contributed by atoms with van der Waals surface area (Å²) >= 11 is 0. The van der Waals surface area contributed by atoms with Gasteiger partial charge >= 0.3 is 0 Å². The fourth-order valence-electron chi connectivity index (χ4n) is 0.937. The van der Waals surface area contributed by atoms with Crippen LogP contribution in [-0.4, -0.2) is 18.0 Å². The molecule has 3 heteroatoms. The monoisotopic (exact) mass is 180 g/mol. The fourth-order valence-corrected chi connectivity index (χ4v) is 0.937. The van der Waals surface area contributed by atoms with Crippen LogP contribution in [-0.2, 0) is 0 Å². The Labute approximate surface area is 77.0 Å². The summed E-state index contributed by atoms with van der Waals surface area (Å²) in [6, 6.07) is 4.62. The summed E-state index contributed by atoms with van der Waals surface area (Å²) in [5, 5.41) is 9.17. The van der Waals surface area contributed by atoms with Crippen molar-refractivity contribution in [2.75, 3.05) is 6.61 Å². The second-order valence-electron chi connectivity index (χ2n) is 2.69. The lowest BCUT2D eigenvalue weighted by molar-refractivity contribution is 0.112. The van der Waals surface area contributed by atoms with E-state index >= 15 is 0 Å². The highest BCUT2D eigenvalue weighted by Gasteiger charge is 2.01. The molecule has 0 saturated heterocycles. The van der Waals surface area contributed by atoms with Crippen LogP contribution in [0, 0.1) is 0 Å². The van der Waals surface area contributed by atoms with Crippen molar-refractivity contribution in [3.63, 3.8) is 0 Å². The molecule has 0 aliphatic rings. The van der Waals surface area contributed by atoms with Gasteiger partial charge in [0.25, 0.3) is 0 Å². The van der Waals surface area contributed by atoms with Crippen LogP contribution in [0.5, 0.6) is 11.5 Å². The van der Waals surface area contributed by atoms with Gasteiger partial charge in [0.05, 0.1) is 12.2 Å². The molecule has 0 radical (unpaired) electrons. The van der Waals surface area contributed by atoms with E-state index in [4.69, 9.17) is 4.74 Å². The first-order valence-corrected chi connectivity index (χ1v) is 4.19. The lowest BCUT2D eigenvalue weighted by atomic mass is 10.2. The van der Waals surface area contributed by atoms with Crippen molar-refractivity contribution in [3.8, 4) is 11.5 Å². The molecule has 0 fully saturated rings. The van der Waals surface area contributed by atoms with Crippen LogP contribution in [0.3, 0.4) is 0 Å². The van der Waals surface area contributed by atoms with Gasteiger partial charge in [-0.1, -0.05) is 6.92 Å². The van der Waals surface area contributed by atoms with Gasteiger partial charge < -0.3 is 9.84 Å². The van der Waals surface area contributed by atoms with E-state index in [-0.39, 0.29) is 11.3 Å². The Morgan fingerprint density at radius 1 is 1.54 bits per heavy atom. The van der Waals surface area contributed by atoms with Crippen LogP contribution in [0.4, 0.5) is 0 Å². The topological polar surface area (TPSA) is 46.5 Å². The van der Waals surface area contributed by atoms with E-state index in [9.17, 15) is 9.90 Å². The van der Waals surface area contributed by atoms with Gasteiger partial charge in [-0.3, -0.25) is 4.79 Å². The lowest BCUT2D eigenvalue weighted by Gasteiger charge is -2.05. The smallest absolute Gasteiger partial charge is 0.153 e. The van der Waals surface area contributed by atoms with Crippen molar-refractivity contribution in [3.05, 3.63) is 23.8 Å². The van der Waals surface area contributed by atoms with Gasteiger partial charge in [0.2, 0.25) is 0 Å². The van der Waals surface area contributed by atoms with E-state index in [2.05, 4.69) is 0 Å². The van der Waals surface area contributed by atoms with Crippen LogP contribution in [0.2, 0.25) is 0 Å². The van der Waals surface area contributed by atoms with E-state index in [0.29, 0.717) is 18.6 Å². The van der Waals surface area contributed by atoms with Crippen molar-refractivity contribution >= 4 is 6.29 Å². The molecule has 13 heavy (non-hydrogen) atoms. The van der Waals surface area contributed by atoms with Crippen molar-refractivity contribution < 1.29 is 14.6 Å². The predicted molar refractivity (Wildman–Crippen MR) is 49.3 cm³/mol. The minimum atomic E-state index is -0.0150. The number of rotatable bonds is 4. The standard InChI is InChI=1S/C10H12O3/c1-2-5-13-9-3-4-10(12)8(6-9)7-11/h3-4,6-7,12H,2,5H2,1H3. The average molecular weight is 180 g/mol. The Morgan fingerprint density at radius 2 is 2.31 bits per heavy atom. The molecule has 0 aliphatic heterocycles. The van der Waals surface area contributed by atoms with Gasteiger partial charge in [-0.25, -0.2) is 0 Å². The molecule has 0 atom stereocenters. The highest BCUT2D eigenvalue weighted by Crippen LogP contribution is 2.21. The molecular weight excluding hydrogens is 168 g/mol. The molecule has 0 heterocycles. The molecule has 0 saturated carbocycles. The normalized spacial score (nSPS) is 9.62. The molecule has 70 valence electrons. The third-order valence-corrected chi connectivity index (χ3v) is 1.60. The van der Waals surface area contributed by atoms with Crippen molar-refractivity contribution in [1.29, 1.82) is 0 Å². The third-order valence-electron chi connectivity index (χ3n) is 1.60. The van der Waals surface area contributed by atoms with E-state index in [1.54, 1.807) is 6.07 Å². The zero-order valence-corrected chi connectivity index (χ0v) is 7.49. The quantitative estimate of drug-likeness (QED) is 0.721. The zero-order chi connectivity index (χ0) is 9.68. The van der Waals surface area contributed by atoms with Crippen molar-refractivity contribution in [1.82, 2.24) is 0 Å². The number of hydrogen-bond acceptors (Lipinski definition) is 3. The van der Waals surface area contributed by atoms with Crippen molar-refractivity contribution in [2.45, 2.75) is 13.3 Å². The molecule has 0 aromatic heterocycles. The molecule has 1 N–H and O–H groups in total. The molecule has 1 aromatic rings. The fraction of sp³-hybridized carbons (Fsp3) is 0.300. The first-order chi connectivity index (χ1) is 6.27. The highest BCUT2D eigenvalue weighted by molar-refractivity contribution is 5.79. The minimum Gasteiger partial charge on any atom is -0.507 e. The summed E-state index contributed by atoms with van der Waals surface area (Å²) in [6.45, 7) is 2.62. The number of aromatic hydroxyl groups is 1. The average Bonchev–Trinajstić information content (AvgIpc) is 2.16. The number of phenolic OH excluding ortho intramolecular Hbond substituents is 1. The SMILES string of the molecule is CCCOc1ccc(O)c(C=O)c1. The zero-order valence-electron chi connectivity index (χ0n) is 7.49. The molecule has 0 unspecified atom stereocenters. The maximum absolute atomic E-state index is 10.4. The number of carbonyl (C=O) groups excluding carboxylic acids is 1. The van der Waals surface area contributed by atoms with Gasteiger partial charge in [0.1, 0.15) is 11.5 Å². The Balaban J connectivity index is 2.80. The van der Waals surface area contributed by atoms with E-state index in [1.165, 1.54) is 12.1 Å². The second kappa shape index (κ2) is 4.50. The maximum atomic E-state index is 10.4. The number of carbonyl (C=O) groups is 1. The summed E-state index contributed by atoms with van der Waals surface area (Å²) in [5.74, 6) is 0.598.